The Labute approximate surface area is 308 Å². The number of hydrogen-bond donors (Lipinski definition) is 7. The van der Waals surface area contributed by atoms with Gasteiger partial charge in [0.05, 0.1) is 5.25 Å². The quantitative estimate of drug-likeness (QED) is 0.0738. The van der Waals surface area contributed by atoms with Crippen LogP contribution in [0.1, 0.15) is 82.6 Å². The van der Waals surface area contributed by atoms with Crippen LogP contribution in [0.25, 0.3) is 0 Å². The summed E-state index contributed by atoms with van der Waals surface area (Å²) in [6.45, 7) is 0.211. The molecule has 6 atom stereocenters. The van der Waals surface area contributed by atoms with Crippen molar-refractivity contribution in [3.05, 3.63) is 53.1 Å². The third kappa shape index (κ3) is 9.79. The summed E-state index contributed by atoms with van der Waals surface area (Å²) in [6, 6.07) is 1.70. The van der Waals surface area contributed by atoms with Crippen molar-refractivity contribution >= 4 is 41.5 Å². The molecular weight excluding hydrogens is 691 g/mol. The number of carbonyl (C=O) groups is 5. The summed E-state index contributed by atoms with van der Waals surface area (Å²) in [5.74, 6) is -4.27. The number of carbonyl (C=O) groups excluding carboxylic acids is 3. The highest BCUT2D eigenvalue weighted by molar-refractivity contribution is 8.00. The number of aliphatic hydroxyl groups excluding tert-OH is 1. The van der Waals surface area contributed by atoms with Crippen molar-refractivity contribution < 1.29 is 44.0 Å². The number of nitrogens with one attached hydrogen (secondary N) is 4. The first-order valence-corrected chi connectivity index (χ1v) is 19.3. The predicted octanol–water partition coefficient (Wildman–Crippen LogP) is 2.63. The molecule has 52 heavy (non-hydrogen) atoms. The molecule has 7 N–H and O–H groups in total. The molecule has 4 aliphatic rings. The highest BCUT2D eigenvalue weighted by Gasteiger charge is 2.51. The van der Waals surface area contributed by atoms with E-state index in [1.807, 2.05) is 12.1 Å². The molecule has 2 amide bonds. The van der Waals surface area contributed by atoms with Crippen molar-refractivity contribution in [2.45, 2.75) is 107 Å². The van der Waals surface area contributed by atoms with Gasteiger partial charge in [-0.15, -0.1) is 11.8 Å². The van der Waals surface area contributed by atoms with Crippen LogP contribution in [0.4, 0.5) is 0 Å². The minimum absolute atomic E-state index is 0.00346. The Hall–Kier alpha value is -3.79. The minimum atomic E-state index is -2.19. The van der Waals surface area contributed by atoms with Gasteiger partial charge in [-0.25, -0.2) is 4.79 Å². The van der Waals surface area contributed by atoms with Crippen molar-refractivity contribution in [2.75, 3.05) is 19.5 Å². The number of carboxylic acid groups (broad SMARTS) is 2. The highest BCUT2D eigenvalue weighted by Crippen LogP contribution is 2.56. The molecule has 15 heteroatoms. The molecule has 1 aromatic heterocycles. The minimum Gasteiger partial charge on any atom is -0.480 e. The Morgan fingerprint density at radius 3 is 2.38 bits per heavy atom. The lowest BCUT2D eigenvalue weighted by atomic mass is 9.70. The maximum atomic E-state index is 13.7. The van der Waals surface area contributed by atoms with E-state index in [1.54, 1.807) is 19.4 Å². The first-order chi connectivity index (χ1) is 25.0. The fourth-order valence-corrected chi connectivity index (χ4v) is 9.92. The number of esters is 1. The van der Waals surface area contributed by atoms with E-state index in [1.165, 1.54) is 17.3 Å². The molecule has 6 unspecified atom stereocenters. The van der Waals surface area contributed by atoms with Gasteiger partial charge in [-0.1, -0.05) is 43.8 Å². The number of aliphatic carboxylic acids is 2. The van der Waals surface area contributed by atoms with Crippen molar-refractivity contribution in [1.29, 1.82) is 0 Å². The van der Waals surface area contributed by atoms with Crippen molar-refractivity contribution in [3.8, 4) is 0 Å². The number of aliphatic hydroxyl groups is 1. The smallest absolute Gasteiger partial charge is 0.353 e. The number of ether oxygens (including phenoxy) is 1. The van der Waals surface area contributed by atoms with Gasteiger partial charge in [0.2, 0.25) is 18.0 Å². The first-order valence-electron chi connectivity index (χ1n) is 18.3. The van der Waals surface area contributed by atoms with Gasteiger partial charge in [0.25, 0.3) is 0 Å². The molecular formula is C37H51N5O9S. The second kappa shape index (κ2) is 18.3. The molecule has 3 aliphatic carbocycles. The van der Waals surface area contributed by atoms with Gasteiger partial charge >= 0.3 is 17.9 Å². The van der Waals surface area contributed by atoms with Crippen LogP contribution >= 0.6 is 11.8 Å². The monoisotopic (exact) mass is 741 g/mol. The predicted molar refractivity (Wildman–Crippen MR) is 192 cm³/mol. The maximum Gasteiger partial charge on any atom is 0.353 e. The molecule has 1 saturated carbocycles. The van der Waals surface area contributed by atoms with Crippen LogP contribution in [-0.4, -0.2) is 93.1 Å². The van der Waals surface area contributed by atoms with Gasteiger partial charge in [0.1, 0.15) is 23.8 Å². The Bertz CT molecular complexity index is 1530. The number of amides is 2. The number of rotatable bonds is 16. The number of carboxylic acids is 2. The van der Waals surface area contributed by atoms with Crippen LogP contribution in [0.3, 0.4) is 0 Å². The van der Waals surface area contributed by atoms with Gasteiger partial charge in [-0.3, -0.25) is 29.5 Å². The third-order valence-electron chi connectivity index (χ3n) is 10.8. The molecule has 1 fully saturated rings. The zero-order valence-electron chi connectivity index (χ0n) is 29.6. The Morgan fingerprint density at radius 2 is 1.71 bits per heavy atom. The van der Waals surface area contributed by atoms with Gasteiger partial charge in [0, 0.05) is 31.2 Å². The van der Waals surface area contributed by atoms with E-state index in [0.29, 0.717) is 5.76 Å². The number of allylic oxidation sites excluding steroid dienone is 1. The van der Waals surface area contributed by atoms with E-state index in [0.717, 1.165) is 81.8 Å². The lowest BCUT2D eigenvalue weighted by Crippen LogP contribution is -2.53. The number of hydrogen-bond acceptors (Lipinski definition) is 11. The molecule has 0 radical (unpaired) electrons. The Morgan fingerprint density at radius 1 is 1.00 bits per heavy atom. The number of pyridine rings is 1. The van der Waals surface area contributed by atoms with E-state index < -0.39 is 48.0 Å². The first kappa shape index (κ1) is 39.4. The average molecular weight is 742 g/mol. The zero-order valence-corrected chi connectivity index (χ0v) is 30.4. The van der Waals surface area contributed by atoms with E-state index in [-0.39, 0.29) is 47.8 Å². The Balaban J connectivity index is 1.43. The Kier molecular flexibility index (Phi) is 13.9. The summed E-state index contributed by atoms with van der Waals surface area (Å²) >= 11 is 1.42. The molecule has 2 heterocycles. The summed E-state index contributed by atoms with van der Waals surface area (Å²) in [4.78, 5) is 67.6. The van der Waals surface area contributed by atoms with Crippen LogP contribution in [0, 0.1) is 17.3 Å². The van der Waals surface area contributed by atoms with Crippen LogP contribution < -0.4 is 21.3 Å². The summed E-state index contributed by atoms with van der Waals surface area (Å²) < 4.78 is 6.29. The third-order valence-corrected chi connectivity index (χ3v) is 12.4. The van der Waals surface area contributed by atoms with Crippen molar-refractivity contribution in [2.24, 2.45) is 17.3 Å². The molecule has 5 rings (SSSR count). The van der Waals surface area contributed by atoms with Crippen LogP contribution in [-0.2, 0) is 35.1 Å². The summed E-state index contributed by atoms with van der Waals surface area (Å²) in [5, 5.41) is 38.8. The van der Waals surface area contributed by atoms with Crippen molar-refractivity contribution in [1.82, 2.24) is 26.3 Å². The molecule has 284 valence electrons. The topological polar surface area (TPSA) is 216 Å². The lowest BCUT2D eigenvalue weighted by Gasteiger charge is -2.40. The van der Waals surface area contributed by atoms with Gasteiger partial charge in [-0.2, -0.15) is 0 Å². The summed E-state index contributed by atoms with van der Waals surface area (Å²) in [5.41, 5.74) is 3.15. The van der Waals surface area contributed by atoms with E-state index in [9.17, 15) is 39.3 Å². The number of aromatic nitrogens is 1. The van der Waals surface area contributed by atoms with Crippen LogP contribution in [0.15, 0.2) is 47.5 Å². The van der Waals surface area contributed by atoms with Gasteiger partial charge in [0.15, 0.2) is 0 Å². The SMILES string of the molecule is CNCNC(CCC(=O)NC(CSC1C2=C3C(CCCCCC14CCCC4)CC(Cc1ccncc1)=CC3C(=O)O2)C(=O)NC(O)C(=O)O)C(=O)O. The summed E-state index contributed by atoms with van der Waals surface area (Å²) in [7, 11) is 1.65. The van der Waals surface area contributed by atoms with Gasteiger partial charge in [-0.05, 0) is 86.6 Å². The second-order valence-electron chi connectivity index (χ2n) is 14.4. The van der Waals surface area contributed by atoms with Gasteiger partial charge < -0.3 is 36.0 Å². The maximum absolute atomic E-state index is 13.7. The molecule has 0 aromatic carbocycles. The highest BCUT2D eigenvalue weighted by atomic mass is 32.2. The fourth-order valence-electron chi connectivity index (χ4n) is 8.26. The second-order valence-corrected chi connectivity index (χ2v) is 15.5. The van der Waals surface area contributed by atoms with E-state index in [4.69, 9.17) is 4.74 Å². The molecule has 0 bridgehead atoms. The normalized spacial score (nSPS) is 24.2. The molecule has 0 saturated heterocycles. The molecule has 1 aromatic rings. The standard InChI is InChI=1S/C37H51N5O9S/c1-38-21-40-26(34(46)47)8-9-28(43)41-27(32(44)42-33(45)35(48)49)20-52-31-30-29-24(7-3-2-4-12-37(31)13-5-6-14-37)18-23(19-25(29)36(50)51-30)17-22-10-15-39-16-11-22/h10-11,15-16,19,24-27,31,33,38,40,45H,2-9,12-14,17-18,20-21H2,1H3,(H,41,43)(H,42,44)(H,46,47)(H,48,49). The molecule has 14 nitrogen and oxygen atoms in total. The van der Waals surface area contributed by atoms with E-state index in [2.05, 4.69) is 32.3 Å². The van der Waals surface area contributed by atoms with Crippen molar-refractivity contribution in [3.63, 3.8) is 0 Å². The molecule has 1 aliphatic heterocycles. The van der Waals surface area contributed by atoms with E-state index >= 15 is 0 Å². The largest absolute Gasteiger partial charge is 0.480 e. The average Bonchev–Trinajstić information content (AvgIpc) is 3.72. The molecule has 1 spiro atoms. The summed E-state index contributed by atoms with van der Waals surface area (Å²) in [6.07, 6.45) is 13.6. The lowest BCUT2D eigenvalue weighted by molar-refractivity contribution is -0.151. The zero-order chi connectivity index (χ0) is 37.3. The number of nitrogens with zero attached hydrogens (tertiary/aromatic N) is 1. The number of thioether (sulfide) groups is 1. The van der Waals surface area contributed by atoms with Crippen LogP contribution in [0.5, 0.6) is 0 Å². The fraction of sp³-hybridized carbons (Fsp3) is 0.622. The van der Waals surface area contributed by atoms with Crippen LogP contribution in [0.2, 0.25) is 0 Å².